The molecule has 0 spiro atoms. The number of rotatable bonds is 2. The van der Waals surface area contributed by atoms with Crippen LogP contribution in [0.5, 0.6) is 0 Å². The third-order valence-corrected chi connectivity index (χ3v) is 2.97. The minimum absolute atomic E-state index is 0.247. The minimum atomic E-state index is -0.356. The highest BCUT2D eigenvalue weighted by atomic mass is 19.1. The average Bonchev–Trinajstić information content (AvgIpc) is 2.49. The van der Waals surface area contributed by atoms with Crippen molar-refractivity contribution in [2.45, 2.75) is 0 Å². The van der Waals surface area contributed by atoms with Crippen LogP contribution in [0.1, 0.15) is 10.4 Å². The number of fused-ring (bicyclic) bond motifs is 1. The van der Waals surface area contributed by atoms with E-state index in [1.165, 1.54) is 12.3 Å². The van der Waals surface area contributed by atoms with Gasteiger partial charge in [0.05, 0.1) is 17.4 Å². The normalized spacial score (nSPS) is 10.4. The molecule has 0 fully saturated rings. The summed E-state index contributed by atoms with van der Waals surface area (Å²) in [6.07, 6.45) is 1.52. The fourth-order valence-corrected chi connectivity index (χ4v) is 1.97. The minimum Gasteiger partial charge on any atom is -0.321 e. The Balaban J connectivity index is 1.92. The summed E-state index contributed by atoms with van der Waals surface area (Å²) in [6, 6.07) is 15.1. The standard InChI is InChI=1S/C16H11FN2O/c17-14-7-4-8-15-13(14)9-12(10-18-15)19-16(20)11-5-2-1-3-6-11/h1-10H,(H,19,20). The van der Waals surface area contributed by atoms with E-state index in [1.807, 2.05) is 6.07 Å². The molecule has 1 N–H and O–H groups in total. The van der Waals surface area contributed by atoms with Crippen molar-refractivity contribution < 1.29 is 9.18 Å². The number of hydrogen-bond acceptors (Lipinski definition) is 2. The quantitative estimate of drug-likeness (QED) is 0.769. The molecule has 0 unspecified atom stereocenters. The summed E-state index contributed by atoms with van der Waals surface area (Å²) in [5.41, 5.74) is 1.57. The van der Waals surface area contributed by atoms with E-state index in [9.17, 15) is 9.18 Å². The highest BCUT2D eigenvalue weighted by Gasteiger charge is 2.07. The lowest BCUT2D eigenvalue weighted by molar-refractivity contribution is 0.102. The van der Waals surface area contributed by atoms with Crippen molar-refractivity contribution in [1.82, 2.24) is 4.98 Å². The third kappa shape index (κ3) is 2.36. The molecule has 0 aliphatic heterocycles. The third-order valence-electron chi connectivity index (χ3n) is 2.97. The fourth-order valence-electron chi connectivity index (χ4n) is 1.97. The molecular formula is C16H11FN2O. The maximum Gasteiger partial charge on any atom is 0.255 e. The Labute approximate surface area is 115 Å². The molecule has 1 amide bonds. The van der Waals surface area contributed by atoms with Crippen LogP contribution in [0, 0.1) is 5.82 Å². The molecule has 2 aromatic carbocycles. The van der Waals surface area contributed by atoms with Crippen LogP contribution < -0.4 is 5.32 Å². The Bertz CT molecular complexity index is 772. The zero-order valence-electron chi connectivity index (χ0n) is 10.5. The number of nitrogens with one attached hydrogen (secondary N) is 1. The van der Waals surface area contributed by atoms with E-state index in [1.54, 1.807) is 42.5 Å². The van der Waals surface area contributed by atoms with E-state index in [-0.39, 0.29) is 11.7 Å². The predicted molar refractivity (Wildman–Crippen MR) is 76.1 cm³/mol. The highest BCUT2D eigenvalue weighted by molar-refractivity contribution is 6.04. The second-order valence-electron chi connectivity index (χ2n) is 4.35. The van der Waals surface area contributed by atoms with Crippen molar-refractivity contribution in [3.63, 3.8) is 0 Å². The zero-order chi connectivity index (χ0) is 13.9. The molecule has 3 aromatic rings. The number of benzene rings is 2. The summed E-state index contributed by atoms with van der Waals surface area (Å²) in [5.74, 6) is -0.603. The van der Waals surface area contributed by atoms with Gasteiger partial charge in [-0.25, -0.2) is 4.39 Å². The van der Waals surface area contributed by atoms with E-state index in [0.29, 0.717) is 22.2 Å². The largest absolute Gasteiger partial charge is 0.321 e. The van der Waals surface area contributed by atoms with Crippen LogP contribution >= 0.6 is 0 Å². The van der Waals surface area contributed by atoms with Crippen molar-refractivity contribution in [2.24, 2.45) is 0 Å². The molecule has 0 aliphatic rings. The van der Waals surface area contributed by atoms with Crippen LogP contribution in [-0.2, 0) is 0 Å². The van der Waals surface area contributed by atoms with E-state index >= 15 is 0 Å². The summed E-state index contributed by atoms with van der Waals surface area (Å²) < 4.78 is 13.7. The van der Waals surface area contributed by atoms with Gasteiger partial charge in [-0.1, -0.05) is 24.3 Å². The molecule has 1 aromatic heterocycles. The van der Waals surface area contributed by atoms with Crippen LogP contribution in [0.15, 0.2) is 60.8 Å². The summed E-state index contributed by atoms with van der Waals surface area (Å²) in [4.78, 5) is 16.1. The zero-order valence-corrected chi connectivity index (χ0v) is 10.5. The number of anilines is 1. The van der Waals surface area contributed by atoms with Gasteiger partial charge in [-0.3, -0.25) is 9.78 Å². The molecule has 3 rings (SSSR count). The van der Waals surface area contributed by atoms with Crippen molar-refractivity contribution >= 4 is 22.5 Å². The molecule has 0 saturated heterocycles. The molecule has 0 atom stereocenters. The van der Waals surface area contributed by atoms with Crippen LogP contribution in [-0.4, -0.2) is 10.9 Å². The second kappa shape index (κ2) is 5.09. The topological polar surface area (TPSA) is 42.0 Å². The summed E-state index contributed by atoms with van der Waals surface area (Å²) in [6.45, 7) is 0. The lowest BCUT2D eigenvalue weighted by Crippen LogP contribution is -2.11. The molecule has 4 heteroatoms. The van der Waals surface area contributed by atoms with Gasteiger partial charge in [0.2, 0.25) is 0 Å². The summed E-state index contributed by atoms with van der Waals surface area (Å²) in [5, 5.41) is 3.10. The number of aromatic nitrogens is 1. The monoisotopic (exact) mass is 266 g/mol. The maximum atomic E-state index is 13.7. The number of nitrogens with zero attached hydrogens (tertiary/aromatic N) is 1. The van der Waals surface area contributed by atoms with Crippen LogP contribution in [0.3, 0.4) is 0 Å². The van der Waals surface area contributed by atoms with Gasteiger partial charge in [0.25, 0.3) is 5.91 Å². The lowest BCUT2D eigenvalue weighted by atomic mass is 10.2. The Kier molecular flexibility index (Phi) is 3.13. The smallest absolute Gasteiger partial charge is 0.255 e. The molecule has 0 saturated carbocycles. The van der Waals surface area contributed by atoms with Crippen LogP contribution in [0.2, 0.25) is 0 Å². The fraction of sp³-hybridized carbons (Fsp3) is 0. The van der Waals surface area contributed by atoms with E-state index < -0.39 is 0 Å². The van der Waals surface area contributed by atoms with Crippen molar-refractivity contribution in [3.05, 3.63) is 72.2 Å². The van der Waals surface area contributed by atoms with Gasteiger partial charge < -0.3 is 5.32 Å². The van der Waals surface area contributed by atoms with Gasteiger partial charge in [-0.15, -0.1) is 0 Å². The molecular weight excluding hydrogens is 255 g/mol. The molecule has 98 valence electrons. The molecule has 0 aliphatic carbocycles. The van der Waals surface area contributed by atoms with E-state index in [0.717, 1.165) is 0 Å². The summed E-state index contributed by atoms with van der Waals surface area (Å²) >= 11 is 0. The van der Waals surface area contributed by atoms with Gasteiger partial charge in [0, 0.05) is 10.9 Å². The van der Waals surface area contributed by atoms with Gasteiger partial charge >= 0.3 is 0 Å². The number of carbonyl (C=O) groups is 1. The molecule has 0 bridgehead atoms. The number of pyridine rings is 1. The number of hydrogen-bond donors (Lipinski definition) is 1. The molecule has 0 radical (unpaired) electrons. The van der Waals surface area contributed by atoms with Crippen molar-refractivity contribution in [2.75, 3.05) is 5.32 Å². The SMILES string of the molecule is O=C(Nc1cnc2cccc(F)c2c1)c1ccccc1. The lowest BCUT2D eigenvalue weighted by Gasteiger charge is -2.06. The van der Waals surface area contributed by atoms with Gasteiger partial charge in [0.15, 0.2) is 0 Å². The first-order chi connectivity index (χ1) is 9.74. The molecule has 20 heavy (non-hydrogen) atoms. The van der Waals surface area contributed by atoms with Crippen LogP contribution in [0.25, 0.3) is 10.9 Å². The predicted octanol–water partition coefficient (Wildman–Crippen LogP) is 3.63. The average molecular weight is 266 g/mol. The second-order valence-corrected chi connectivity index (χ2v) is 4.35. The Hall–Kier alpha value is -2.75. The van der Waals surface area contributed by atoms with Crippen molar-refractivity contribution in [3.8, 4) is 0 Å². The van der Waals surface area contributed by atoms with E-state index in [4.69, 9.17) is 0 Å². The van der Waals surface area contributed by atoms with Crippen LogP contribution in [0.4, 0.5) is 10.1 Å². The van der Waals surface area contributed by atoms with Gasteiger partial charge in [-0.05, 0) is 30.3 Å². The first-order valence-corrected chi connectivity index (χ1v) is 6.15. The summed E-state index contributed by atoms with van der Waals surface area (Å²) in [7, 11) is 0. The molecule has 3 nitrogen and oxygen atoms in total. The number of amides is 1. The first-order valence-electron chi connectivity index (χ1n) is 6.15. The van der Waals surface area contributed by atoms with E-state index in [2.05, 4.69) is 10.3 Å². The Morgan fingerprint density at radius 1 is 1.05 bits per heavy atom. The molecule has 1 heterocycles. The van der Waals surface area contributed by atoms with Crippen molar-refractivity contribution in [1.29, 1.82) is 0 Å². The number of carbonyl (C=O) groups excluding carboxylic acids is 1. The highest BCUT2D eigenvalue weighted by Crippen LogP contribution is 2.19. The number of halogens is 1. The maximum absolute atomic E-state index is 13.7. The Morgan fingerprint density at radius 3 is 2.65 bits per heavy atom. The first kappa shape index (κ1) is 12.3. The Morgan fingerprint density at radius 2 is 1.85 bits per heavy atom. The van der Waals surface area contributed by atoms with Gasteiger partial charge in [0.1, 0.15) is 5.82 Å². The van der Waals surface area contributed by atoms with Gasteiger partial charge in [-0.2, -0.15) is 0 Å².